The van der Waals surface area contributed by atoms with Gasteiger partial charge in [0.15, 0.2) is 0 Å². The van der Waals surface area contributed by atoms with Crippen molar-refractivity contribution in [2.24, 2.45) is 7.05 Å². The Morgan fingerprint density at radius 1 is 1.12 bits per heavy atom. The number of hydrazine groups is 1. The Morgan fingerprint density at radius 2 is 1.91 bits per heavy atom. The number of aromatic nitrogens is 4. The van der Waals surface area contributed by atoms with Crippen LogP contribution in [0.25, 0.3) is 10.9 Å². The molecule has 2 aromatic heterocycles. The van der Waals surface area contributed by atoms with E-state index in [1.807, 2.05) is 48.8 Å². The second-order valence-electron chi connectivity index (χ2n) is 7.79. The molecule has 1 amide bonds. The maximum atomic E-state index is 12.1. The van der Waals surface area contributed by atoms with Crippen LogP contribution in [0.5, 0.6) is 0 Å². The van der Waals surface area contributed by atoms with Gasteiger partial charge in [-0.1, -0.05) is 6.92 Å². The zero-order valence-electron chi connectivity index (χ0n) is 19.3. The van der Waals surface area contributed by atoms with Crippen LogP contribution in [0.3, 0.4) is 0 Å². The Kier molecular flexibility index (Phi) is 6.50. The van der Waals surface area contributed by atoms with Gasteiger partial charge in [0.1, 0.15) is 5.82 Å². The first-order chi connectivity index (χ1) is 16.0. The van der Waals surface area contributed by atoms with Crippen molar-refractivity contribution < 1.29 is 4.79 Å². The van der Waals surface area contributed by atoms with Crippen LogP contribution in [-0.4, -0.2) is 39.2 Å². The molecule has 0 aliphatic carbocycles. The monoisotopic (exact) mass is 444 g/mol. The molecule has 0 unspecified atom stereocenters. The molecule has 0 atom stereocenters. The minimum atomic E-state index is -0.171. The molecule has 33 heavy (non-hydrogen) atoms. The lowest BCUT2D eigenvalue weighted by molar-refractivity contribution is 0.0933. The highest BCUT2D eigenvalue weighted by molar-refractivity contribution is 5.94. The molecule has 170 valence electrons. The van der Waals surface area contributed by atoms with Crippen molar-refractivity contribution in [3.63, 3.8) is 0 Å². The van der Waals surface area contributed by atoms with Crippen LogP contribution in [0.1, 0.15) is 29.4 Å². The molecule has 3 N–H and O–H groups in total. The van der Waals surface area contributed by atoms with Crippen molar-refractivity contribution in [2.45, 2.75) is 20.3 Å². The molecular formula is C24H28N8O. The molecule has 9 heteroatoms. The van der Waals surface area contributed by atoms with E-state index >= 15 is 0 Å². The first-order valence-corrected chi connectivity index (χ1v) is 10.9. The van der Waals surface area contributed by atoms with E-state index in [1.165, 1.54) is 0 Å². The zero-order chi connectivity index (χ0) is 23.4. The standard InChI is InChI=1S/C24H28N8O/c1-5-13-26-29-23(33)17-6-8-18(9-7-17)27-24-25-14-12-22(28-24)31(3)19-10-11-20-16(2)32(4)30-21(20)15-19/h6-12,14-15,26H,5,13H2,1-4H3,(H,29,33)(H,25,27,28). The molecule has 0 saturated heterocycles. The van der Waals surface area contributed by atoms with Crippen LogP contribution in [0.4, 0.5) is 23.1 Å². The first kappa shape index (κ1) is 22.2. The minimum absolute atomic E-state index is 0.171. The summed E-state index contributed by atoms with van der Waals surface area (Å²) in [4.78, 5) is 23.1. The third-order valence-corrected chi connectivity index (χ3v) is 5.47. The molecule has 2 heterocycles. The summed E-state index contributed by atoms with van der Waals surface area (Å²) in [6, 6.07) is 15.2. The van der Waals surface area contributed by atoms with Crippen molar-refractivity contribution in [2.75, 3.05) is 23.8 Å². The van der Waals surface area contributed by atoms with Gasteiger partial charge in [0, 0.05) is 54.9 Å². The number of anilines is 4. The molecular weight excluding hydrogens is 416 g/mol. The molecule has 0 aliphatic heterocycles. The number of fused-ring (bicyclic) bond motifs is 1. The number of amides is 1. The van der Waals surface area contributed by atoms with Gasteiger partial charge in [-0.3, -0.25) is 14.9 Å². The fraction of sp³-hybridized carbons (Fsp3) is 0.250. The van der Waals surface area contributed by atoms with Crippen molar-refractivity contribution in [1.82, 2.24) is 30.6 Å². The molecule has 9 nitrogen and oxygen atoms in total. The first-order valence-electron chi connectivity index (χ1n) is 10.9. The lowest BCUT2D eigenvalue weighted by Crippen LogP contribution is -2.37. The Balaban J connectivity index is 1.47. The molecule has 4 rings (SSSR count). The molecule has 4 aromatic rings. The summed E-state index contributed by atoms with van der Waals surface area (Å²) in [5.74, 6) is 1.04. The number of carbonyl (C=O) groups excluding carboxylic acids is 1. The largest absolute Gasteiger partial charge is 0.329 e. The molecule has 0 fully saturated rings. The summed E-state index contributed by atoms with van der Waals surface area (Å²) >= 11 is 0. The predicted octanol–water partition coefficient (Wildman–Crippen LogP) is 3.83. The molecule has 0 radical (unpaired) electrons. The fourth-order valence-electron chi connectivity index (χ4n) is 3.43. The number of nitrogens with zero attached hydrogens (tertiary/aromatic N) is 5. The van der Waals surface area contributed by atoms with Crippen LogP contribution < -0.4 is 21.1 Å². The summed E-state index contributed by atoms with van der Waals surface area (Å²) in [6.07, 6.45) is 2.65. The van der Waals surface area contributed by atoms with E-state index in [9.17, 15) is 4.79 Å². The molecule has 2 aromatic carbocycles. The van der Waals surface area contributed by atoms with Crippen LogP contribution in [0, 0.1) is 6.92 Å². The molecule has 0 spiro atoms. The maximum Gasteiger partial charge on any atom is 0.265 e. The van der Waals surface area contributed by atoms with Gasteiger partial charge in [0.25, 0.3) is 5.91 Å². The van der Waals surface area contributed by atoms with Gasteiger partial charge < -0.3 is 10.2 Å². The van der Waals surface area contributed by atoms with Crippen molar-refractivity contribution in [3.8, 4) is 0 Å². The quantitative estimate of drug-likeness (QED) is 0.281. The number of benzene rings is 2. The van der Waals surface area contributed by atoms with Gasteiger partial charge in [-0.25, -0.2) is 10.4 Å². The number of hydrogen-bond donors (Lipinski definition) is 3. The Bertz CT molecular complexity index is 1270. The van der Waals surface area contributed by atoms with Crippen molar-refractivity contribution in [1.29, 1.82) is 0 Å². The van der Waals surface area contributed by atoms with Crippen molar-refractivity contribution in [3.05, 3.63) is 66.0 Å². The number of rotatable bonds is 8. The van der Waals surface area contributed by atoms with E-state index < -0.39 is 0 Å². The average molecular weight is 445 g/mol. The van der Waals surface area contributed by atoms with Gasteiger partial charge >= 0.3 is 0 Å². The normalized spacial score (nSPS) is 10.9. The second-order valence-corrected chi connectivity index (χ2v) is 7.79. The summed E-state index contributed by atoms with van der Waals surface area (Å²) in [5, 5.41) is 8.91. The number of nitrogens with one attached hydrogen (secondary N) is 3. The second kappa shape index (κ2) is 9.66. The average Bonchev–Trinajstić information content (AvgIpc) is 3.12. The number of aryl methyl sites for hydroxylation is 2. The van der Waals surface area contributed by atoms with Gasteiger partial charge in [0.05, 0.1) is 5.52 Å². The highest BCUT2D eigenvalue weighted by atomic mass is 16.2. The van der Waals surface area contributed by atoms with E-state index in [2.05, 4.69) is 56.4 Å². The lowest BCUT2D eigenvalue weighted by Gasteiger charge is -2.19. The SMILES string of the molecule is CCCNNC(=O)c1ccc(Nc2nccc(N(C)c3ccc4c(C)n(C)nc4c3)n2)cc1. The smallest absolute Gasteiger partial charge is 0.265 e. The zero-order valence-corrected chi connectivity index (χ0v) is 19.3. The van der Waals surface area contributed by atoms with Gasteiger partial charge in [-0.05, 0) is 61.9 Å². The summed E-state index contributed by atoms with van der Waals surface area (Å²) < 4.78 is 1.89. The van der Waals surface area contributed by atoms with E-state index in [1.54, 1.807) is 18.3 Å². The highest BCUT2D eigenvalue weighted by Crippen LogP contribution is 2.27. The van der Waals surface area contributed by atoms with E-state index in [4.69, 9.17) is 0 Å². The van der Waals surface area contributed by atoms with Gasteiger partial charge in [0.2, 0.25) is 5.95 Å². The number of hydrogen-bond acceptors (Lipinski definition) is 7. The summed E-state index contributed by atoms with van der Waals surface area (Å²) in [6.45, 7) is 4.82. The topological polar surface area (TPSA) is 100 Å². The maximum absolute atomic E-state index is 12.1. The predicted molar refractivity (Wildman–Crippen MR) is 131 cm³/mol. The van der Waals surface area contributed by atoms with Crippen LogP contribution in [-0.2, 0) is 7.05 Å². The Morgan fingerprint density at radius 3 is 2.67 bits per heavy atom. The third-order valence-electron chi connectivity index (χ3n) is 5.47. The van der Waals surface area contributed by atoms with Crippen LogP contribution in [0.2, 0.25) is 0 Å². The van der Waals surface area contributed by atoms with E-state index in [0.717, 1.165) is 46.8 Å². The fourth-order valence-corrected chi connectivity index (χ4v) is 3.43. The highest BCUT2D eigenvalue weighted by Gasteiger charge is 2.11. The van der Waals surface area contributed by atoms with E-state index in [-0.39, 0.29) is 5.91 Å². The molecule has 0 bridgehead atoms. The van der Waals surface area contributed by atoms with Crippen LogP contribution >= 0.6 is 0 Å². The van der Waals surface area contributed by atoms with Gasteiger partial charge in [-0.15, -0.1) is 0 Å². The van der Waals surface area contributed by atoms with Gasteiger partial charge in [-0.2, -0.15) is 10.1 Å². The molecule has 0 aliphatic rings. The molecule has 0 saturated carbocycles. The summed E-state index contributed by atoms with van der Waals surface area (Å²) in [5.41, 5.74) is 9.98. The van der Waals surface area contributed by atoms with Crippen molar-refractivity contribution >= 4 is 40.0 Å². The Hall–Kier alpha value is -3.98. The third kappa shape index (κ3) is 4.93. The van der Waals surface area contributed by atoms with Crippen LogP contribution in [0.15, 0.2) is 54.7 Å². The minimum Gasteiger partial charge on any atom is -0.329 e. The Labute approximate surface area is 192 Å². The number of carbonyl (C=O) groups is 1. The van der Waals surface area contributed by atoms with E-state index in [0.29, 0.717) is 11.5 Å². The summed E-state index contributed by atoms with van der Waals surface area (Å²) in [7, 11) is 3.91. The lowest BCUT2D eigenvalue weighted by atomic mass is 10.2.